The van der Waals surface area contributed by atoms with Gasteiger partial charge in [-0.25, -0.2) is 9.59 Å². The van der Waals surface area contributed by atoms with E-state index in [9.17, 15) is 14.4 Å². The first kappa shape index (κ1) is 29.7. The van der Waals surface area contributed by atoms with Crippen LogP contribution in [0, 0.1) is 0 Å². The number of hydrogen-bond donors (Lipinski definition) is 1. The molecule has 0 saturated carbocycles. The molecule has 0 bridgehead atoms. The average Bonchev–Trinajstić information content (AvgIpc) is 3.22. The van der Waals surface area contributed by atoms with E-state index in [0.29, 0.717) is 13.0 Å². The van der Waals surface area contributed by atoms with E-state index in [0.717, 1.165) is 11.1 Å². The number of guanidine groups is 1. The molecule has 39 heavy (non-hydrogen) atoms. The molecule has 0 spiro atoms. The highest BCUT2D eigenvalue weighted by Gasteiger charge is 2.48. The van der Waals surface area contributed by atoms with Gasteiger partial charge in [-0.3, -0.25) is 10.1 Å². The highest BCUT2D eigenvalue weighted by Crippen LogP contribution is 2.44. The van der Waals surface area contributed by atoms with Crippen molar-refractivity contribution < 1.29 is 28.6 Å². The van der Waals surface area contributed by atoms with Crippen molar-refractivity contribution in [3.8, 4) is 0 Å². The number of rotatable bonds is 4. The van der Waals surface area contributed by atoms with Crippen LogP contribution in [0.5, 0.6) is 0 Å². The molecule has 2 amide bonds. The van der Waals surface area contributed by atoms with Crippen molar-refractivity contribution in [3.63, 3.8) is 0 Å². The molecule has 3 rings (SSSR count). The van der Waals surface area contributed by atoms with Crippen molar-refractivity contribution in [2.75, 3.05) is 13.2 Å². The average molecular weight is 538 g/mol. The van der Waals surface area contributed by atoms with Gasteiger partial charge < -0.3 is 19.1 Å². The van der Waals surface area contributed by atoms with Crippen LogP contribution in [-0.2, 0) is 24.4 Å². The standard InChI is InChI=1S/C30H39N3O6/c1-21(34)37-19-24-18-30(22-14-10-8-11-15-22,23-16-12-9-13-17-23)20-33(24)25(31-26(35)38-28(2,3)4)32-27(36)39-29(5,6)7/h8-17,24H,18-20H2,1-7H3,(H,31,32,35,36). The minimum Gasteiger partial charge on any atom is -0.464 e. The number of benzene rings is 2. The Morgan fingerprint density at radius 3 is 1.87 bits per heavy atom. The van der Waals surface area contributed by atoms with Crippen LogP contribution < -0.4 is 5.32 Å². The third kappa shape index (κ3) is 8.30. The number of aliphatic imine (C=N–C) groups is 1. The first-order chi connectivity index (χ1) is 18.2. The summed E-state index contributed by atoms with van der Waals surface area (Å²) < 4.78 is 16.4. The van der Waals surface area contributed by atoms with Gasteiger partial charge >= 0.3 is 18.2 Å². The SMILES string of the molecule is CC(=O)OCC1CC(c2ccccc2)(c2ccccc2)CN1/C(=N/C(=O)OC(C)(C)C)NC(=O)OC(C)(C)C. The molecular formula is C30H39N3O6. The molecule has 1 saturated heterocycles. The van der Waals surface area contributed by atoms with Crippen molar-refractivity contribution in [2.24, 2.45) is 4.99 Å². The Hall–Kier alpha value is -3.88. The second-order valence-electron chi connectivity index (χ2n) is 11.6. The van der Waals surface area contributed by atoms with E-state index >= 15 is 0 Å². The molecule has 210 valence electrons. The van der Waals surface area contributed by atoms with Gasteiger partial charge in [-0.05, 0) is 59.1 Å². The minimum atomic E-state index is -0.864. The summed E-state index contributed by atoms with van der Waals surface area (Å²) in [6.45, 7) is 12.1. The topological polar surface area (TPSA) is 107 Å². The van der Waals surface area contributed by atoms with Crippen LogP contribution in [0.15, 0.2) is 65.7 Å². The fourth-order valence-corrected chi connectivity index (χ4v) is 4.64. The van der Waals surface area contributed by atoms with E-state index < -0.39 is 40.8 Å². The van der Waals surface area contributed by atoms with Crippen LogP contribution in [0.4, 0.5) is 9.59 Å². The third-order valence-corrected chi connectivity index (χ3v) is 6.07. The molecule has 1 fully saturated rings. The number of carbonyl (C=O) groups excluding carboxylic acids is 3. The number of likely N-dealkylation sites (tertiary alicyclic amines) is 1. The summed E-state index contributed by atoms with van der Waals surface area (Å²) in [6.07, 6.45) is -1.11. The highest BCUT2D eigenvalue weighted by atomic mass is 16.6. The van der Waals surface area contributed by atoms with Gasteiger partial charge in [-0.15, -0.1) is 4.99 Å². The lowest BCUT2D eigenvalue weighted by molar-refractivity contribution is -0.142. The Bertz CT molecular complexity index is 1140. The maximum Gasteiger partial charge on any atom is 0.437 e. The number of amides is 2. The predicted octanol–water partition coefficient (Wildman–Crippen LogP) is 5.43. The van der Waals surface area contributed by atoms with Gasteiger partial charge in [0.1, 0.15) is 17.8 Å². The van der Waals surface area contributed by atoms with Gasteiger partial charge in [0.05, 0.1) is 6.04 Å². The summed E-state index contributed by atoms with van der Waals surface area (Å²) in [5, 5.41) is 2.66. The molecule has 0 radical (unpaired) electrons. The van der Waals surface area contributed by atoms with Crippen molar-refractivity contribution >= 4 is 24.1 Å². The molecule has 1 aliphatic rings. The van der Waals surface area contributed by atoms with Crippen LogP contribution in [0.25, 0.3) is 0 Å². The number of nitrogens with zero attached hydrogens (tertiary/aromatic N) is 2. The van der Waals surface area contributed by atoms with E-state index in [1.807, 2.05) is 60.7 Å². The second-order valence-corrected chi connectivity index (χ2v) is 11.6. The lowest BCUT2D eigenvalue weighted by Gasteiger charge is -2.32. The van der Waals surface area contributed by atoms with E-state index in [4.69, 9.17) is 14.2 Å². The summed E-state index contributed by atoms with van der Waals surface area (Å²) in [7, 11) is 0. The fraction of sp³-hybridized carbons (Fsp3) is 0.467. The molecular weight excluding hydrogens is 498 g/mol. The number of ether oxygens (including phenoxy) is 3. The molecule has 9 nitrogen and oxygen atoms in total. The van der Waals surface area contributed by atoms with E-state index in [1.165, 1.54) is 6.92 Å². The molecule has 1 unspecified atom stereocenters. The molecule has 1 heterocycles. The second kappa shape index (κ2) is 11.9. The summed E-state index contributed by atoms with van der Waals surface area (Å²) >= 11 is 0. The molecule has 1 aliphatic heterocycles. The number of hydrogen-bond acceptors (Lipinski definition) is 6. The Kier molecular flexibility index (Phi) is 9.04. The summed E-state index contributed by atoms with van der Waals surface area (Å²) in [4.78, 5) is 43.5. The fourth-order valence-electron chi connectivity index (χ4n) is 4.64. The lowest BCUT2D eigenvalue weighted by Crippen LogP contribution is -2.50. The number of alkyl carbamates (subject to hydrolysis) is 1. The van der Waals surface area contributed by atoms with Crippen molar-refractivity contribution in [2.45, 2.75) is 77.5 Å². The highest BCUT2D eigenvalue weighted by molar-refractivity contribution is 5.99. The van der Waals surface area contributed by atoms with Gasteiger partial charge in [0.15, 0.2) is 0 Å². The van der Waals surface area contributed by atoms with Gasteiger partial charge in [0.25, 0.3) is 0 Å². The van der Waals surface area contributed by atoms with E-state index in [2.05, 4.69) is 10.3 Å². The maximum atomic E-state index is 12.9. The van der Waals surface area contributed by atoms with Crippen molar-refractivity contribution in [3.05, 3.63) is 71.8 Å². The van der Waals surface area contributed by atoms with E-state index in [1.54, 1.807) is 46.4 Å². The van der Waals surface area contributed by atoms with Gasteiger partial charge in [-0.1, -0.05) is 60.7 Å². The Morgan fingerprint density at radius 1 is 0.897 bits per heavy atom. The number of carbonyl (C=O) groups is 3. The molecule has 1 atom stereocenters. The van der Waals surface area contributed by atoms with Crippen LogP contribution in [0.2, 0.25) is 0 Å². The summed E-state index contributed by atoms with van der Waals surface area (Å²) in [5.41, 5.74) is -0.0445. The van der Waals surface area contributed by atoms with Gasteiger partial charge in [0.2, 0.25) is 5.96 Å². The van der Waals surface area contributed by atoms with Crippen LogP contribution in [-0.4, -0.2) is 59.4 Å². The Balaban J connectivity index is 2.12. The van der Waals surface area contributed by atoms with Gasteiger partial charge in [0, 0.05) is 18.9 Å². The van der Waals surface area contributed by atoms with Crippen molar-refractivity contribution in [1.29, 1.82) is 0 Å². The zero-order valence-electron chi connectivity index (χ0n) is 23.8. The zero-order valence-corrected chi connectivity index (χ0v) is 23.8. The van der Waals surface area contributed by atoms with Crippen molar-refractivity contribution in [1.82, 2.24) is 10.2 Å². The lowest BCUT2D eigenvalue weighted by atomic mass is 9.73. The molecule has 2 aromatic rings. The molecule has 1 N–H and O–H groups in total. The quantitative estimate of drug-likeness (QED) is 0.240. The largest absolute Gasteiger partial charge is 0.464 e. The minimum absolute atomic E-state index is 0.0279. The van der Waals surface area contributed by atoms with Gasteiger partial charge in [-0.2, -0.15) is 0 Å². The van der Waals surface area contributed by atoms with E-state index in [-0.39, 0.29) is 12.6 Å². The number of esters is 1. The molecule has 0 aliphatic carbocycles. The summed E-state index contributed by atoms with van der Waals surface area (Å²) in [6, 6.07) is 19.5. The van der Waals surface area contributed by atoms with Crippen LogP contribution in [0.1, 0.15) is 66.0 Å². The predicted molar refractivity (Wildman–Crippen MR) is 148 cm³/mol. The monoisotopic (exact) mass is 537 g/mol. The molecule has 2 aromatic carbocycles. The van der Waals surface area contributed by atoms with Crippen LogP contribution >= 0.6 is 0 Å². The Morgan fingerprint density at radius 2 is 1.41 bits per heavy atom. The summed E-state index contributed by atoms with van der Waals surface area (Å²) in [5.74, 6) is -0.470. The first-order valence-corrected chi connectivity index (χ1v) is 13.0. The number of nitrogens with one attached hydrogen (secondary N) is 1. The third-order valence-electron chi connectivity index (χ3n) is 6.07. The maximum absolute atomic E-state index is 12.9. The first-order valence-electron chi connectivity index (χ1n) is 13.0. The van der Waals surface area contributed by atoms with Crippen LogP contribution in [0.3, 0.4) is 0 Å². The zero-order chi connectivity index (χ0) is 28.8. The molecule has 0 aromatic heterocycles. The normalized spacial score (nSPS) is 17.4. The molecule has 9 heteroatoms. The smallest absolute Gasteiger partial charge is 0.437 e. The Labute approximate surface area is 230 Å².